The van der Waals surface area contributed by atoms with Gasteiger partial charge in [0.2, 0.25) is 0 Å². The Morgan fingerprint density at radius 2 is 1.06 bits per heavy atom. The van der Waals surface area contributed by atoms with Crippen LogP contribution in [0.2, 0.25) is 0 Å². The summed E-state index contributed by atoms with van der Waals surface area (Å²) < 4.78 is 5.01. The van der Waals surface area contributed by atoms with Crippen molar-refractivity contribution >= 4 is 86.5 Å². The van der Waals surface area contributed by atoms with Gasteiger partial charge in [-0.15, -0.1) is 11.3 Å². The van der Waals surface area contributed by atoms with Gasteiger partial charge >= 0.3 is 0 Å². The van der Waals surface area contributed by atoms with Gasteiger partial charge in [0.15, 0.2) is 5.84 Å². The lowest BCUT2D eigenvalue weighted by Crippen LogP contribution is -2.33. The molecule has 0 saturated carbocycles. The SMILES string of the molecule is c1ccc(C2=NC(c3ccc(-c4ccccc4)cc3)=NC(c3ccc(-n4c5ccccc5c5cc6ccccc6cc54)cc3-c3cc4ccccc4c4sc5ccccc5c34)N2)cc1. The van der Waals surface area contributed by atoms with Crippen LogP contribution >= 0.6 is 11.3 Å². The first kappa shape index (κ1) is 36.5. The third kappa shape index (κ3) is 5.97. The second-order valence-corrected chi connectivity index (χ2v) is 17.6. The lowest BCUT2D eigenvalue weighted by molar-refractivity contribution is 0.676. The average Bonchev–Trinajstić information content (AvgIpc) is 3.92. The minimum atomic E-state index is -0.450. The van der Waals surface area contributed by atoms with Crippen LogP contribution in [0.1, 0.15) is 22.9 Å². The summed E-state index contributed by atoms with van der Waals surface area (Å²) in [6, 6.07) is 78.8. The van der Waals surface area contributed by atoms with E-state index in [1.54, 1.807) is 0 Å². The van der Waals surface area contributed by atoms with Gasteiger partial charge in [0.25, 0.3) is 0 Å². The average molecular weight is 835 g/mol. The van der Waals surface area contributed by atoms with Crippen LogP contribution in [0, 0.1) is 0 Å². The number of nitrogens with zero attached hydrogens (tertiary/aromatic N) is 3. The molecule has 13 rings (SSSR count). The van der Waals surface area contributed by atoms with E-state index in [1.807, 2.05) is 17.4 Å². The molecule has 0 radical (unpaired) electrons. The van der Waals surface area contributed by atoms with Crippen LogP contribution in [0.15, 0.2) is 228 Å². The van der Waals surface area contributed by atoms with E-state index in [2.05, 4.69) is 222 Å². The molecule has 1 aliphatic heterocycles. The summed E-state index contributed by atoms with van der Waals surface area (Å²) in [7, 11) is 0. The Bertz CT molecular complexity index is 3860. The smallest absolute Gasteiger partial charge is 0.159 e. The Hall–Kier alpha value is -8.12. The third-order valence-corrected chi connectivity index (χ3v) is 14.0. The molecule has 300 valence electrons. The Labute approximate surface area is 373 Å². The van der Waals surface area contributed by atoms with Crippen molar-refractivity contribution in [1.82, 2.24) is 9.88 Å². The molecular weight excluding hydrogens is 797 g/mol. The molecule has 12 aromatic rings. The topological polar surface area (TPSA) is 41.7 Å². The van der Waals surface area contributed by atoms with Crippen molar-refractivity contribution in [2.45, 2.75) is 6.17 Å². The summed E-state index contributed by atoms with van der Waals surface area (Å²) in [5.41, 5.74) is 11.1. The summed E-state index contributed by atoms with van der Waals surface area (Å²) in [5, 5.41) is 13.8. The molecule has 1 N–H and O–H groups in total. The van der Waals surface area contributed by atoms with E-state index in [0.29, 0.717) is 5.84 Å². The number of hydrogen-bond acceptors (Lipinski definition) is 4. The van der Waals surface area contributed by atoms with E-state index in [-0.39, 0.29) is 0 Å². The number of thiophene rings is 1. The number of fused-ring (bicyclic) bond motifs is 9. The summed E-state index contributed by atoms with van der Waals surface area (Å²) in [6.07, 6.45) is -0.450. The van der Waals surface area contributed by atoms with Crippen molar-refractivity contribution in [3.8, 4) is 27.9 Å². The molecule has 0 spiro atoms. The molecule has 0 bridgehead atoms. The van der Waals surface area contributed by atoms with E-state index in [4.69, 9.17) is 9.98 Å². The zero-order valence-corrected chi connectivity index (χ0v) is 35.4. The maximum Gasteiger partial charge on any atom is 0.159 e. The number of hydrogen-bond donors (Lipinski definition) is 1. The highest BCUT2D eigenvalue weighted by molar-refractivity contribution is 7.26. The van der Waals surface area contributed by atoms with E-state index < -0.39 is 6.17 Å². The molecule has 3 heterocycles. The highest BCUT2D eigenvalue weighted by Crippen LogP contribution is 2.47. The Balaban J connectivity index is 1.08. The van der Waals surface area contributed by atoms with Gasteiger partial charge in [-0.25, -0.2) is 9.98 Å². The number of para-hydroxylation sites is 1. The minimum absolute atomic E-state index is 0.450. The number of aromatic nitrogens is 1. The van der Waals surface area contributed by atoms with Crippen LogP contribution in [-0.2, 0) is 0 Å². The molecule has 0 saturated heterocycles. The second-order valence-electron chi connectivity index (χ2n) is 16.6. The zero-order chi connectivity index (χ0) is 42.1. The summed E-state index contributed by atoms with van der Waals surface area (Å²) >= 11 is 1.88. The fourth-order valence-electron chi connectivity index (χ4n) is 9.78. The van der Waals surface area contributed by atoms with Crippen LogP contribution in [0.5, 0.6) is 0 Å². The van der Waals surface area contributed by atoms with Gasteiger partial charge in [0, 0.05) is 53.3 Å². The van der Waals surface area contributed by atoms with E-state index >= 15 is 0 Å². The van der Waals surface area contributed by atoms with Crippen LogP contribution < -0.4 is 5.32 Å². The number of benzene rings is 10. The first-order chi connectivity index (χ1) is 31.7. The minimum Gasteiger partial charge on any atom is -0.344 e. The molecule has 0 aliphatic carbocycles. The molecule has 1 atom stereocenters. The number of rotatable bonds is 6. The molecular formula is C59H38N4S. The van der Waals surface area contributed by atoms with Crippen LogP contribution in [-0.4, -0.2) is 16.2 Å². The number of nitrogens with one attached hydrogen (secondary N) is 1. The van der Waals surface area contributed by atoms with Gasteiger partial charge in [0.1, 0.15) is 12.0 Å². The molecule has 2 aromatic heterocycles. The van der Waals surface area contributed by atoms with Crippen molar-refractivity contribution in [1.29, 1.82) is 0 Å². The summed E-state index contributed by atoms with van der Waals surface area (Å²) in [6.45, 7) is 0. The Morgan fingerprint density at radius 3 is 1.86 bits per heavy atom. The van der Waals surface area contributed by atoms with Crippen LogP contribution in [0.4, 0.5) is 0 Å². The largest absolute Gasteiger partial charge is 0.344 e. The van der Waals surface area contributed by atoms with Gasteiger partial charge in [0.05, 0.1) is 11.0 Å². The van der Waals surface area contributed by atoms with Gasteiger partial charge in [-0.3, -0.25) is 0 Å². The van der Waals surface area contributed by atoms with Crippen LogP contribution in [0.25, 0.3) is 91.5 Å². The normalized spacial score (nSPS) is 14.1. The lowest BCUT2D eigenvalue weighted by atomic mass is 9.91. The summed E-state index contributed by atoms with van der Waals surface area (Å²) in [4.78, 5) is 10.8. The highest BCUT2D eigenvalue weighted by Gasteiger charge is 2.27. The van der Waals surface area contributed by atoms with Gasteiger partial charge < -0.3 is 9.88 Å². The van der Waals surface area contributed by atoms with E-state index in [1.165, 1.54) is 74.6 Å². The highest BCUT2D eigenvalue weighted by atomic mass is 32.1. The molecule has 1 unspecified atom stereocenters. The van der Waals surface area contributed by atoms with Gasteiger partial charge in [-0.05, 0) is 86.3 Å². The molecule has 10 aromatic carbocycles. The van der Waals surface area contributed by atoms with Crippen molar-refractivity contribution in [3.05, 3.63) is 235 Å². The molecule has 1 aliphatic rings. The fraction of sp³-hybridized carbons (Fsp3) is 0.0169. The van der Waals surface area contributed by atoms with Gasteiger partial charge in [-0.1, -0.05) is 176 Å². The molecule has 0 amide bonds. The zero-order valence-electron chi connectivity index (χ0n) is 34.6. The molecule has 5 heteroatoms. The first-order valence-electron chi connectivity index (χ1n) is 21.8. The lowest BCUT2D eigenvalue weighted by Gasteiger charge is -2.26. The molecule has 64 heavy (non-hydrogen) atoms. The van der Waals surface area contributed by atoms with Crippen molar-refractivity contribution in [2.75, 3.05) is 0 Å². The molecule has 0 fully saturated rings. The molecule has 4 nitrogen and oxygen atoms in total. The second kappa shape index (κ2) is 14.8. The Kier molecular flexibility index (Phi) is 8.43. The van der Waals surface area contributed by atoms with E-state index in [0.717, 1.165) is 39.3 Å². The Morgan fingerprint density at radius 1 is 0.438 bits per heavy atom. The predicted molar refractivity (Wildman–Crippen MR) is 271 cm³/mol. The van der Waals surface area contributed by atoms with Gasteiger partial charge in [-0.2, -0.15) is 0 Å². The van der Waals surface area contributed by atoms with Crippen LogP contribution in [0.3, 0.4) is 0 Å². The quantitative estimate of drug-likeness (QED) is 0.178. The standard InChI is InChI=1S/C59H38N4S/c1-3-15-37(16-4-1)38-27-29-40(30-28-38)58-60-57(39-17-5-2-6-18-39)61-59(62-58)47-32-31-44(63-52-25-13-11-23-46(52)50-33-41-19-7-8-20-42(41)35-53(50)63)36-49(47)51-34-43-21-9-10-22-45(43)56-55(51)48-24-12-14-26-54(48)64-56/h1-36,59H,(H,60,61,62). The number of aliphatic imine (C=N–C) groups is 2. The maximum atomic E-state index is 5.52. The van der Waals surface area contributed by atoms with Crippen molar-refractivity contribution < 1.29 is 0 Å². The third-order valence-electron chi connectivity index (χ3n) is 12.8. The fourth-order valence-corrected chi connectivity index (χ4v) is 11.0. The number of amidine groups is 2. The maximum absolute atomic E-state index is 5.52. The first-order valence-corrected chi connectivity index (χ1v) is 22.6. The predicted octanol–water partition coefficient (Wildman–Crippen LogP) is 15.3. The van der Waals surface area contributed by atoms with Crippen molar-refractivity contribution in [3.63, 3.8) is 0 Å². The van der Waals surface area contributed by atoms with Crippen molar-refractivity contribution in [2.24, 2.45) is 9.98 Å². The van der Waals surface area contributed by atoms with E-state index in [9.17, 15) is 0 Å². The monoisotopic (exact) mass is 834 g/mol. The summed E-state index contributed by atoms with van der Waals surface area (Å²) in [5.74, 6) is 1.48.